The van der Waals surface area contributed by atoms with E-state index in [0.717, 1.165) is 17.4 Å². The van der Waals surface area contributed by atoms with Gasteiger partial charge in [-0.3, -0.25) is 9.78 Å². The maximum Gasteiger partial charge on any atom is 0.387 e. The second kappa shape index (κ2) is 7.57. The van der Waals surface area contributed by atoms with E-state index in [0.29, 0.717) is 35.5 Å². The highest BCUT2D eigenvalue weighted by Crippen LogP contribution is 2.24. The van der Waals surface area contributed by atoms with E-state index in [1.165, 1.54) is 12.1 Å². The number of rotatable bonds is 5. The van der Waals surface area contributed by atoms with E-state index in [1.54, 1.807) is 29.9 Å². The van der Waals surface area contributed by atoms with E-state index in [-0.39, 0.29) is 18.1 Å². The molecule has 1 amide bonds. The summed E-state index contributed by atoms with van der Waals surface area (Å²) in [6.07, 6.45) is 2.46. The molecule has 3 aromatic rings. The number of aryl methyl sites for hydroxylation is 1. The SMILES string of the molecule is Cc1nn(-c2ccnc(Cc3cc(F)cc(OC(F)F)c3)c2)c2c1C(=O)NCC2. The molecular weight excluding hydrogens is 385 g/mol. The molecule has 0 fully saturated rings. The standard InChI is InChI=1S/C20H17F3N4O2/c1-11-18-17(3-5-25-19(18)28)27(26-11)15-2-4-24-14(10-15)7-12-6-13(21)9-16(8-12)29-20(22)23/h2,4,6,8-10,20H,3,5,7H2,1H3,(H,25,28). The fraction of sp³-hybridized carbons (Fsp3) is 0.250. The van der Waals surface area contributed by atoms with Crippen molar-refractivity contribution < 1.29 is 22.7 Å². The van der Waals surface area contributed by atoms with Crippen LogP contribution in [-0.2, 0) is 12.8 Å². The predicted molar refractivity (Wildman–Crippen MR) is 98.0 cm³/mol. The third kappa shape index (κ3) is 3.94. The number of pyridine rings is 1. The van der Waals surface area contributed by atoms with Gasteiger partial charge in [0.15, 0.2) is 0 Å². The van der Waals surface area contributed by atoms with Crippen LogP contribution in [0, 0.1) is 12.7 Å². The molecule has 3 heterocycles. The van der Waals surface area contributed by atoms with Gasteiger partial charge in [-0.25, -0.2) is 9.07 Å². The molecule has 2 aromatic heterocycles. The third-order valence-corrected chi connectivity index (χ3v) is 4.62. The molecule has 1 aliphatic rings. The second-order valence-corrected chi connectivity index (χ2v) is 6.68. The van der Waals surface area contributed by atoms with Gasteiger partial charge in [0.1, 0.15) is 11.6 Å². The summed E-state index contributed by atoms with van der Waals surface area (Å²) < 4.78 is 44.6. The Morgan fingerprint density at radius 2 is 2.10 bits per heavy atom. The van der Waals surface area contributed by atoms with Crippen LogP contribution in [0.5, 0.6) is 5.75 Å². The fourth-order valence-electron chi connectivity index (χ4n) is 3.49. The molecular formula is C20H17F3N4O2. The number of ether oxygens (including phenoxy) is 1. The quantitative estimate of drug-likeness (QED) is 0.712. The molecule has 150 valence electrons. The predicted octanol–water partition coefficient (Wildman–Crippen LogP) is 3.19. The maximum absolute atomic E-state index is 13.8. The van der Waals surface area contributed by atoms with Gasteiger partial charge in [0.25, 0.3) is 5.91 Å². The van der Waals surface area contributed by atoms with E-state index >= 15 is 0 Å². The van der Waals surface area contributed by atoms with Crippen LogP contribution in [0.25, 0.3) is 5.69 Å². The molecule has 1 aromatic carbocycles. The number of carbonyl (C=O) groups is 1. The molecule has 0 unspecified atom stereocenters. The van der Waals surface area contributed by atoms with Crippen LogP contribution in [0.4, 0.5) is 13.2 Å². The number of alkyl halides is 2. The zero-order chi connectivity index (χ0) is 20.5. The van der Waals surface area contributed by atoms with Crippen LogP contribution in [0.2, 0.25) is 0 Å². The zero-order valence-electron chi connectivity index (χ0n) is 15.5. The molecule has 0 bridgehead atoms. The first-order valence-corrected chi connectivity index (χ1v) is 8.97. The minimum absolute atomic E-state index is 0.143. The highest BCUT2D eigenvalue weighted by molar-refractivity contribution is 5.97. The first-order chi connectivity index (χ1) is 13.9. The zero-order valence-corrected chi connectivity index (χ0v) is 15.5. The molecule has 0 radical (unpaired) electrons. The van der Waals surface area contributed by atoms with Gasteiger partial charge in [-0.05, 0) is 36.8 Å². The smallest absolute Gasteiger partial charge is 0.387 e. The summed E-state index contributed by atoms with van der Waals surface area (Å²) in [5, 5.41) is 7.29. The highest BCUT2D eigenvalue weighted by atomic mass is 19.3. The number of aromatic nitrogens is 3. The van der Waals surface area contributed by atoms with Crippen molar-refractivity contribution in [1.82, 2.24) is 20.1 Å². The van der Waals surface area contributed by atoms with E-state index in [9.17, 15) is 18.0 Å². The fourth-order valence-corrected chi connectivity index (χ4v) is 3.49. The maximum atomic E-state index is 13.8. The number of amides is 1. The van der Waals surface area contributed by atoms with Gasteiger partial charge in [0.2, 0.25) is 0 Å². The van der Waals surface area contributed by atoms with Gasteiger partial charge in [-0.2, -0.15) is 13.9 Å². The number of hydrogen-bond donors (Lipinski definition) is 1. The highest BCUT2D eigenvalue weighted by Gasteiger charge is 2.25. The Kier molecular flexibility index (Phi) is 4.96. The lowest BCUT2D eigenvalue weighted by Gasteiger charge is -2.15. The van der Waals surface area contributed by atoms with Crippen molar-refractivity contribution in [2.75, 3.05) is 6.54 Å². The van der Waals surface area contributed by atoms with Crippen molar-refractivity contribution in [3.8, 4) is 11.4 Å². The molecule has 1 aliphatic heterocycles. The molecule has 0 atom stereocenters. The Balaban J connectivity index is 1.65. The van der Waals surface area contributed by atoms with Crippen LogP contribution < -0.4 is 10.1 Å². The normalized spacial score (nSPS) is 13.3. The summed E-state index contributed by atoms with van der Waals surface area (Å²) in [6.45, 7) is -0.720. The molecule has 0 spiro atoms. The molecule has 0 aliphatic carbocycles. The number of hydrogen-bond acceptors (Lipinski definition) is 4. The molecule has 6 nitrogen and oxygen atoms in total. The summed E-state index contributed by atoms with van der Waals surface area (Å²) in [6, 6.07) is 7.05. The molecule has 9 heteroatoms. The van der Waals surface area contributed by atoms with E-state index in [2.05, 4.69) is 20.1 Å². The van der Waals surface area contributed by atoms with Gasteiger partial charge in [-0.15, -0.1) is 0 Å². The summed E-state index contributed by atoms with van der Waals surface area (Å²) in [7, 11) is 0. The summed E-state index contributed by atoms with van der Waals surface area (Å²) >= 11 is 0. The van der Waals surface area contributed by atoms with Crippen LogP contribution in [-0.4, -0.2) is 33.8 Å². The Labute approximate surface area is 164 Å². The van der Waals surface area contributed by atoms with Crippen molar-refractivity contribution in [2.24, 2.45) is 0 Å². The minimum Gasteiger partial charge on any atom is -0.435 e. The van der Waals surface area contributed by atoms with Crippen LogP contribution in [0.15, 0.2) is 36.5 Å². The first kappa shape index (κ1) is 19.0. The number of benzene rings is 1. The van der Waals surface area contributed by atoms with Crippen molar-refractivity contribution in [3.63, 3.8) is 0 Å². The van der Waals surface area contributed by atoms with E-state index in [1.807, 2.05) is 0 Å². The summed E-state index contributed by atoms with van der Waals surface area (Å²) in [5.74, 6) is -1.05. The molecule has 0 saturated heterocycles. The molecule has 4 rings (SSSR count). The monoisotopic (exact) mass is 402 g/mol. The topological polar surface area (TPSA) is 69.0 Å². The average molecular weight is 402 g/mol. The first-order valence-electron chi connectivity index (χ1n) is 8.97. The Morgan fingerprint density at radius 3 is 2.90 bits per heavy atom. The lowest BCUT2D eigenvalue weighted by molar-refractivity contribution is -0.0500. The third-order valence-electron chi connectivity index (χ3n) is 4.62. The number of fused-ring (bicyclic) bond motifs is 1. The second-order valence-electron chi connectivity index (χ2n) is 6.68. The van der Waals surface area contributed by atoms with Crippen molar-refractivity contribution >= 4 is 5.91 Å². The number of nitrogens with one attached hydrogen (secondary N) is 1. The van der Waals surface area contributed by atoms with E-state index < -0.39 is 12.4 Å². The molecule has 1 N–H and O–H groups in total. The Hall–Kier alpha value is -3.36. The number of nitrogens with zero attached hydrogens (tertiary/aromatic N) is 3. The van der Waals surface area contributed by atoms with Gasteiger partial charge in [0.05, 0.1) is 22.6 Å². The molecule has 29 heavy (non-hydrogen) atoms. The largest absolute Gasteiger partial charge is 0.435 e. The Bertz CT molecular complexity index is 1080. The van der Waals surface area contributed by atoms with Crippen LogP contribution in [0.1, 0.15) is 33.0 Å². The van der Waals surface area contributed by atoms with Crippen molar-refractivity contribution in [2.45, 2.75) is 26.4 Å². The summed E-state index contributed by atoms with van der Waals surface area (Å²) in [4.78, 5) is 16.4. The van der Waals surface area contributed by atoms with Crippen LogP contribution >= 0.6 is 0 Å². The van der Waals surface area contributed by atoms with E-state index in [4.69, 9.17) is 0 Å². The average Bonchev–Trinajstić information content (AvgIpc) is 2.99. The van der Waals surface area contributed by atoms with Gasteiger partial charge in [-0.1, -0.05) is 0 Å². The van der Waals surface area contributed by atoms with Gasteiger partial charge < -0.3 is 10.1 Å². The van der Waals surface area contributed by atoms with Crippen LogP contribution in [0.3, 0.4) is 0 Å². The van der Waals surface area contributed by atoms with Gasteiger partial charge >= 0.3 is 6.61 Å². The number of halogens is 3. The van der Waals surface area contributed by atoms with Crippen molar-refractivity contribution in [3.05, 3.63) is 70.6 Å². The Morgan fingerprint density at radius 1 is 1.28 bits per heavy atom. The summed E-state index contributed by atoms with van der Waals surface area (Å²) in [5.41, 5.74) is 3.79. The van der Waals surface area contributed by atoms with Crippen molar-refractivity contribution in [1.29, 1.82) is 0 Å². The lowest BCUT2D eigenvalue weighted by Crippen LogP contribution is -2.32. The minimum atomic E-state index is -3.03. The number of carbonyl (C=O) groups excluding carboxylic acids is 1. The lowest BCUT2D eigenvalue weighted by atomic mass is 10.1. The van der Waals surface area contributed by atoms with Gasteiger partial charge in [0, 0.05) is 37.3 Å². The molecule has 0 saturated carbocycles.